The summed E-state index contributed by atoms with van der Waals surface area (Å²) in [5.74, 6) is -0.743. The third kappa shape index (κ3) is 4.88. The molecule has 2 aromatic rings. The highest BCUT2D eigenvalue weighted by molar-refractivity contribution is 7.93. The highest BCUT2D eigenvalue weighted by atomic mass is 32.2. The molecule has 1 amide bonds. The van der Waals surface area contributed by atoms with Crippen LogP contribution in [0.2, 0.25) is 0 Å². The summed E-state index contributed by atoms with van der Waals surface area (Å²) >= 11 is 1.34. The first-order valence-corrected chi connectivity index (χ1v) is 11.8. The Bertz CT molecular complexity index is 951. The lowest BCUT2D eigenvalue weighted by Gasteiger charge is -2.19. The number of halogens is 1. The Balaban J connectivity index is 1.78. The predicted octanol–water partition coefficient (Wildman–Crippen LogP) is 4.73. The second-order valence-corrected chi connectivity index (χ2v) is 10.3. The third-order valence-electron chi connectivity index (χ3n) is 4.86. The normalized spacial score (nSPS) is 15.6. The first kappa shape index (κ1) is 20.7. The maximum absolute atomic E-state index is 13.6. The number of thiazole rings is 1. The molecule has 152 valence electrons. The molecule has 1 fully saturated rings. The van der Waals surface area contributed by atoms with Crippen molar-refractivity contribution in [2.24, 2.45) is 0 Å². The number of aromatic nitrogens is 1. The number of amides is 1. The molecule has 1 aliphatic carbocycles. The molecule has 1 aromatic carbocycles. The Morgan fingerprint density at radius 2 is 1.96 bits per heavy atom. The summed E-state index contributed by atoms with van der Waals surface area (Å²) in [5.41, 5.74) is 0.940. The first-order valence-electron chi connectivity index (χ1n) is 9.34. The number of hydrogen-bond donors (Lipinski definition) is 2. The smallest absolute Gasteiger partial charge is 0.259 e. The molecule has 1 aliphatic rings. The number of carbonyl (C=O) groups is 1. The van der Waals surface area contributed by atoms with E-state index >= 15 is 0 Å². The Hall–Kier alpha value is -2.00. The van der Waals surface area contributed by atoms with Gasteiger partial charge in [0.25, 0.3) is 5.91 Å². The molecule has 3 rings (SSSR count). The lowest BCUT2D eigenvalue weighted by atomic mass is 9.87. The van der Waals surface area contributed by atoms with Crippen molar-refractivity contribution in [3.63, 3.8) is 0 Å². The van der Waals surface area contributed by atoms with Gasteiger partial charge in [0.15, 0.2) is 5.13 Å². The van der Waals surface area contributed by atoms with Crippen molar-refractivity contribution in [2.45, 2.75) is 57.1 Å². The van der Waals surface area contributed by atoms with Gasteiger partial charge in [0.05, 0.1) is 22.2 Å². The van der Waals surface area contributed by atoms with Crippen LogP contribution in [0.25, 0.3) is 0 Å². The van der Waals surface area contributed by atoms with Gasteiger partial charge in [-0.25, -0.2) is 17.8 Å². The minimum absolute atomic E-state index is 0.0417. The van der Waals surface area contributed by atoms with Gasteiger partial charge in [-0.1, -0.05) is 19.3 Å². The summed E-state index contributed by atoms with van der Waals surface area (Å²) in [5, 5.41) is 4.39. The molecule has 9 heteroatoms. The molecule has 1 heterocycles. The second kappa shape index (κ2) is 8.57. The molecule has 0 unspecified atom stereocenters. The molecular weight excluding hydrogens is 401 g/mol. The maximum Gasteiger partial charge on any atom is 0.259 e. The van der Waals surface area contributed by atoms with Crippen molar-refractivity contribution >= 4 is 38.1 Å². The molecule has 0 atom stereocenters. The lowest BCUT2D eigenvalue weighted by molar-refractivity contribution is 0.102. The number of nitrogens with one attached hydrogen (secondary N) is 2. The molecule has 0 spiro atoms. The largest absolute Gasteiger partial charge is 0.298 e. The zero-order chi connectivity index (χ0) is 20.3. The zero-order valence-electron chi connectivity index (χ0n) is 15.9. The van der Waals surface area contributed by atoms with Gasteiger partial charge in [-0.2, -0.15) is 0 Å². The molecule has 0 bridgehead atoms. The SMILES string of the molecule is CC(C)S(=O)(=O)Nc1cc(F)ccc1C(=O)Nc1nc(C2CCCCC2)cs1. The second-order valence-electron chi connectivity index (χ2n) is 7.25. The number of benzene rings is 1. The first-order chi connectivity index (χ1) is 13.3. The van der Waals surface area contributed by atoms with Crippen LogP contribution in [0.1, 0.15) is 67.9 Å². The van der Waals surface area contributed by atoms with Crippen molar-refractivity contribution in [3.05, 3.63) is 40.7 Å². The fourth-order valence-corrected chi connectivity index (χ4v) is 4.66. The Labute approximate surface area is 168 Å². The number of nitrogens with zero attached hydrogens (tertiary/aromatic N) is 1. The lowest BCUT2D eigenvalue weighted by Crippen LogP contribution is -2.24. The average molecular weight is 426 g/mol. The Kier molecular flexibility index (Phi) is 6.34. The summed E-state index contributed by atoms with van der Waals surface area (Å²) in [6.45, 7) is 3.01. The van der Waals surface area contributed by atoms with Crippen LogP contribution in [0.15, 0.2) is 23.6 Å². The van der Waals surface area contributed by atoms with Gasteiger partial charge >= 0.3 is 0 Å². The van der Waals surface area contributed by atoms with Gasteiger partial charge in [0.2, 0.25) is 10.0 Å². The van der Waals surface area contributed by atoms with Gasteiger partial charge in [-0.15, -0.1) is 11.3 Å². The van der Waals surface area contributed by atoms with Crippen LogP contribution in [-0.2, 0) is 10.0 Å². The van der Waals surface area contributed by atoms with Crippen molar-refractivity contribution in [3.8, 4) is 0 Å². The van der Waals surface area contributed by atoms with Crippen LogP contribution in [0.3, 0.4) is 0 Å². The monoisotopic (exact) mass is 425 g/mol. The average Bonchev–Trinajstić information content (AvgIpc) is 3.10. The minimum Gasteiger partial charge on any atom is -0.298 e. The van der Waals surface area contributed by atoms with Gasteiger partial charge in [-0.05, 0) is 44.9 Å². The maximum atomic E-state index is 13.6. The summed E-state index contributed by atoms with van der Waals surface area (Å²) in [6, 6.07) is 3.39. The number of rotatable bonds is 6. The molecule has 1 saturated carbocycles. The molecule has 0 saturated heterocycles. The zero-order valence-corrected chi connectivity index (χ0v) is 17.5. The topological polar surface area (TPSA) is 88.2 Å². The van der Waals surface area contributed by atoms with Crippen LogP contribution in [0.5, 0.6) is 0 Å². The van der Waals surface area contributed by atoms with Crippen molar-refractivity contribution < 1.29 is 17.6 Å². The summed E-state index contributed by atoms with van der Waals surface area (Å²) in [6.07, 6.45) is 5.86. The number of hydrogen-bond acceptors (Lipinski definition) is 5. The fourth-order valence-electron chi connectivity index (χ4n) is 3.16. The van der Waals surface area contributed by atoms with E-state index in [1.807, 2.05) is 5.38 Å². The van der Waals surface area contributed by atoms with Gasteiger partial charge < -0.3 is 0 Å². The van der Waals surface area contributed by atoms with E-state index in [9.17, 15) is 17.6 Å². The standard InChI is InChI=1S/C19H24FN3O3S2/c1-12(2)28(25,26)23-16-10-14(20)8-9-15(16)18(24)22-19-21-17(11-27-19)13-6-4-3-5-7-13/h8-13,23H,3-7H2,1-2H3,(H,21,22,24). The van der Waals surface area contributed by atoms with E-state index in [2.05, 4.69) is 15.0 Å². The number of carbonyl (C=O) groups excluding carboxylic acids is 1. The minimum atomic E-state index is -3.72. The van der Waals surface area contributed by atoms with Gasteiger partial charge in [-0.3, -0.25) is 14.8 Å². The van der Waals surface area contributed by atoms with Crippen molar-refractivity contribution in [2.75, 3.05) is 10.0 Å². The van der Waals surface area contributed by atoms with Crippen LogP contribution >= 0.6 is 11.3 Å². The summed E-state index contributed by atoms with van der Waals surface area (Å²) in [7, 11) is -3.72. The van der Waals surface area contributed by atoms with E-state index < -0.39 is 27.0 Å². The van der Waals surface area contributed by atoms with E-state index in [4.69, 9.17) is 0 Å². The van der Waals surface area contributed by atoms with E-state index in [-0.39, 0.29) is 11.3 Å². The number of anilines is 2. The van der Waals surface area contributed by atoms with E-state index in [1.165, 1.54) is 50.5 Å². The quantitative estimate of drug-likeness (QED) is 0.700. The molecule has 2 N–H and O–H groups in total. The predicted molar refractivity (Wildman–Crippen MR) is 110 cm³/mol. The van der Waals surface area contributed by atoms with Crippen LogP contribution in [0.4, 0.5) is 15.2 Å². The molecule has 6 nitrogen and oxygen atoms in total. The van der Waals surface area contributed by atoms with E-state index in [0.717, 1.165) is 30.7 Å². The van der Waals surface area contributed by atoms with Crippen LogP contribution in [0, 0.1) is 5.82 Å². The third-order valence-corrected chi connectivity index (χ3v) is 7.39. The Morgan fingerprint density at radius 3 is 2.64 bits per heavy atom. The van der Waals surface area contributed by atoms with Crippen LogP contribution in [-0.4, -0.2) is 24.6 Å². The highest BCUT2D eigenvalue weighted by Crippen LogP contribution is 2.34. The molecule has 0 aliphatic heterocycles. The fraction of sp³-hybridized carbons (Fsp3) is 0.474. The van der Waals surface area contributed by atoms with Crippen LogP contribution < -0.4 is 10.0 Å². The summed E-state index contributed by atoms with van der Waals surface area (Å²) < 4.78 is 40.2. The number of sulfonamides is 1. The van der Waals surface area contributed by atoms with Gasteiger partial charge in [0, 0.05) is 11.3 Å². The molecule has 1 aromatic heterocycles. The van der Waals surface area contributed by atoms with E-state index in [0.29, 0.717) is 11.0 Å². The van der Waals surface area contributed by atoms with Gasteiger partial charge in [0.1, 0.15) is 5.82 Å². The molecular formula is C19H24FN3O3S2. The van der Waals surface area contributed by atoms with Crippen molar-refractivity contribution in [1.29, 1.82) is 0 Å². The van der Waals surface area contributed by atoms with E-state index in [1.54, 1.807) is 0 Å². The molecule has 0 radical (unpaired) electrons. The summed E-state index contributed by atoms with van der Waals surface area (Å²) in [4.78, 5) is 17.2. The Morgan fingerprint density at radius 1 is 1.25 bits per heavy atom. The van der Waals surface area contributed by atoms with Crippen molar-refractivity contribution in [1.82, 2.24) is 4.98 Å². The molecule has 28 heavy (non-hydrogen) atoms. The highest BCUT2D eigenvalue weighted by Gasteiger charge is 2.22.